The summed E-state index contributed by atoms with van der Waals surface area (Å²) in [5, 5.41) is 6.30. The molecule has 0 aromatic heterocycles. The van der Waals surface area contributed by atoms with Gasteiger partial charge in [0.05, 0.1) is 18.6 Å². The summed E-state index contributed by atoms with van der Waals surface area (Å²) in [5.41, 5.74) is 0. The molecule has 1 heterocycles. The molecule has 0 aromatic carbocycles. The Balaban J connectivity index is 0.00000200. The van der Waals surface area contributed by atoms with Crippen LogP contribution >= 0.6 is 12.4 Å². The molecule has 1 amide bonds. The van der Waals surface area contributed by atoms with Crippen molar-refractivity contribution in [2.75, 3.05) is 13.2 Å². The summed E-state index contributed by atoms with van der Waals surface area (Å²) in [6, 6.07) is 0.211. The topological polar surface area (TPSA) is 67.4 Å². The van der Waals surface area contributed by atoms with E-state index in [0.29, 0.717) is 6.61 Å². The summed E-state index contributed by atoms with van der Waals surface area (Å²) in [6.07, 6.45) is 5.41. The Labute approximate surface area is 126 Å². The summed E-state index contributed by atoms with van der Waals surface area (Å²) >= 11 is 0. The lowest BCUT2D eigenvalue weighted by molar-refractivity contribution is -0.149. The third-order valence-corrected chi connectivity index (χ3v) is 4.07. The second kappa shape index (κ2) is 8.47. The number of nitrogens with one attached hydrogen (secondary N) is 2. The number of rotatable bonds is 4. The molecule has 1 atom stereocenters. The summed E-state index contributed by atoms with van der Waals surface area (Å²) in [5.74, 6) is 0.0690. The first kappa shape index (κ1) is 17.2. The highest BCUT2D eigenvalue weighted by Crippen LogP contribution is 2.25. The smallest absolute Gasteiger partial charge is 0.308 e. The minimum atomic E-state index is -0.0789. The third kappa shape index (κ3) is 4.63. The molecule has 0 bridgehead atoms. The highest BCUT2D eigenvalue weighted by Gasteiger charge is 2.30. The molecule has 2 rings (SSSR count). The molecule has 1 aliphatic heterocycles. The largest absolute Gasteiger partial charge is 0.466 e. The molecule has 1 aliphatic carbocycles. The van der Waals surface area contributed by atoms with Crippen molar-refractivity contribution in [1.29, 1.82) is 0 Å². The lowest BCUT2D eigenvalue weighted by atomic mass is 9.86. The normalized spacial score (nSPS) is 29.4. The van der Waals surface area contributed by atoms with Gasteiger partial charge < -0.3 is 15.4 Å². The monoisotopic (exact) mass is 304 g/mol. The molecule has 2 aliphatic rings. The Morgan fingerprint density at radius 3 is 2.45 bits per heavy atom. The highest BCUT2D eigenvalue weighted by atomic mass is 35.5. The second-order valence-electron chi connectivity index (χ2n) is 5.46. The quantitative estimate of drug-likeness (QED) is 0.771. The molecule has 1 saturated carbocycles. The van der Waals surface area contributed by atoms with Gasteiger partial charge >= 0.3 is 5.97 Å². The van der Waals surface area contributed by atoms with E-state index in [1.54, 1.807) is 0 Å². The number of ether oxygens (including phenoxy) is 1. The van der Waals surface area contributed by atoms with Crippen molar-refractivity contribution < 1.29 is 14.3 Å². The van der Waals surface area contributed by atoms with Gasteiger partial charge in [-0.15, -0.1) is 12.4 Å². The number of amides is 1. The van der Waals surface area contributed by atoms with Gasteiger partial charge in [0.2, 0.25) is 5.91 Å². The second-order valence-corrected chi connectivity index (χ2v) is 5.46. The van der Waals surface area contributed by atoms with E-state index in [9.17, 15) is 9.59 Å². The van der Waals surface area contributed by atoms with Crippen LogP contribution in [0.15, 0.2) is 0 Å². The van der Waals surface area contributed by atoms with Gasteiger partial charge in [-0.05, 0) is 52.0 Å². The fourth-order valence-corrected chi connectivity index (χ4v) is 2.94. The molecule has 5 nitrogen and oxygen atoms in total. The number of halogens is 1. The standard InChI is InChI=1S/C14H24N2O3.ClH/c1-2-19-14(18)10-5-7-11(8-6-10)16-13(17)12-4-3-9-15-12;/h10-12,15H,2-9H2,1H3,(H,16,17);1H/t10?,11?,12-;/m0./s1. The van der Waals surface area contributed by atoms with E-state index in [1.807, 2.05) is 6.92 Å². The van der Waals surface area contributed by atoms with E-state index >= 15 is 0 Å². The summed E-state index contributed by atoms with van der Waals surface area (Å²) in [6.45, 7) is 3.22. The van der Waals surface area contributed by atoms with Crippen LogP contribution in [-0.2, 0) is 14.3 Å². The Bertz CT molecular complexity index is 324. The molecule has 2 N–H and O–H groups in total. The van der Waals surface area contributed by atoms with Crippen LogP contribution in [0.2, 0.25) is 0 Å². The maximum absolute atomic E-state index is 12.0. The Morgan fingerprint density at radius 2 is 1.90 bits per heavy atom. The first-order valence-corrected chi connectivity index (χ1v) is 7.41. The van der Waals surface area contributed by atoms with E-state index in [2.05, 4.69) is 10.6 Å². The van der Waals surface area contributed by atoms with Gasteiger partial charge in [-0.25, -0.2) is 0 Å². The third-order valence-electron chi connectivity index (χ3n) is 4.07. The SMILES string of the molecule is CCOC(=O)C1CCC(NC(=O)[C@@H]2CCCN2)CC1.Cl. The fraction of sp³-hybridized carbons (Fsp3) is 0.857. The van der Waals surface area contributed by atoms with Crippen LogP contribution in [0.1, 0.15) is 45.4 Å². The van der Waals surface area contributed by atoms with Crippen LogP contribution in [0, 0.1) is 5.92 Å². The van der Waals surface area contributed by atoms with Gasteiger partial charge in [-0.2, -0.15) is 0 Å². The van der Waals surface area contributed by atoms with Crippen molar-refractivity contribution in [3.8, 4) is 0 Å². The fourth-order valence-electron chi connectivity index (χ4n) is 2.94. The summed E-state index contributed by atoms with van der Waals surface area (Å²) in [4.78, 5) is 23.6. The molecule has 0 radical (unpaired) electrons. The molecule has 2 fully saturated rings. The molecular formula is C14H25ClN2O3. The van der Waals surface area contributed by atoms with Crippen LogP contribution < -0.4 is 10.6 Å². The minimum Gasteiger partial charge on any atom is -0.466 e. The van der Waals surface area contributed by atoms with Crippen molar-refractivity contribution in [2.24, 2.45) is 5.92 Å². The first-order chi connectivity index (χ1) is 9.20. The molecule has 0 unspecified atom stereocenters. The lowest BCUT2D eigenvalue weighted by Crippen LogP contribution is -2.46. The van der Waals surface area contributed by atoms with Crippen molar-refractivity contribution in [3.05, 3.63) is 0 Å². The lowest BCUT2D eigenvalue weighted by Gasteiger charge is -2.28. The van der Waals surface area contributed by atoms with Crippen molar-refractivity contribution in [3.63, 3.8) is 0 Å². The Hall–Kier alpha value is -0.810. The molecular weight excluding hydrogens is 280 g/mol. The molecule has 0 aromatic rings. The first-order valence-electron chi connectivity index (χ1n) is 7.41. The van der Waals surface area contributed by atoms with Gasteiger partial charge in [-0.1, -0.05) is 0 Å². The van der Waals surface area contributed by atoms with Gasteiger partial charge in [0, 0.05) is 6.04 Å². The molecule has 1 saturated heterocycles. The summed E-state index contributed by atoms with van der Waals surface area (Å²) < 4.78 is 5.04. The molecule has 116 valence electrons. The van der Waals surface area contributed by atoms with E-state index in [1.165, 1.54) is 0 Å². The van der Waals surface area contributed by atoms with Gasteiger partial charge in [-0.3, -0.25) is 9.59 Å². The highest BCUT2D eigenvalue weighted by molar-refractivity contribution is 5.85. The van der Waals surface area contributed by atoms with Crippen LogP contribution in [0.4, 0.5) is 0 Å². The number of carbonyl (C=O) groups excluding carboxylic acids is 2. The van der Waals surface area contributed by atoms with Crippen LogP contribution in [0.25, 0.3) is 0 Å². The van der Waals surface area contributed by atoms with Gasteiger partial charge in [0.1, 0.15) is 0 Å². The number of hydrogen-bond acceptors (Lipinski definition) is 4. The van der Waals surface area contributed by atoms with Crippen LogP contribution in [0.3, 0.4) is 0 Å². The van der Waals surface area contributed by atoms with Crippen LogP contribution in [0.5, 0.6) is 0 Å². The van der Waals surface area contributed by atoms with Crippen molar-refractivity contribution in [2.45, 2.75) is 57.5 Å². The van der Waals surface area contributed by atoms with E-state index < -0.39 is 0 Å². The minimum absolute atomic E-state index is 0. The maximum atomic E-state index is 12.0. The van der Waals surface area contributed by atoms with E-state index in [4.69, 9.17) is 4.74 Å². The van der Waals surface area contributed by atoms with Crippen LogP contribution in [-0.4, -0.2) is 37.1 Å². The zero-order chi connectivity index (χ0) is 13.7. The zero-order valence-corrected chi connectivity index (χ0v) is 12.8. The van der Waals surface area contributed by atoms with Gasteiger partial charge in [0.25, 0.3) is 0 Å². The maximum Gasteiger partial charge on any atom is 0.308 e. The average Bonchev–Trinajstić information content (AvgIpc) is 2.94. The Kier molecular flexibility index (Phi) is 7.30. The predicted molar refractivity (Wildman–Crippen MR) is 78.8 cm³/mol. The van der Waals surface area contributed by atoms with Gasteiger partial charge in [0.15, 0.2) is 0 Å². The Morgan fingerprint density at radius 1 is 1.20 bits per heavy atom. The van der Waals surface area contributed by atoms with E-state index in [0.717, 1.165) is 45.1 Å². The molecule has 0 spiro atoms. The average molecular weight is 305 g/mol. The van der Waals surface area contributed by atoms with E-state index in [-0.39, 0.29) is 42.3 Å². The van der Waals surface area contributed by atoms with Crippen molar-refractivity contribution in [1.82, 2.24) is 10.6 Å². The number of carbonyl (C=O) groups is 2. The summed E-state index contributed by atoms with van der Waals surface area (Å²) in [7, 11) is 0. The number of esters is 1. The van der Waals surface area contributed by atoms with Crippen molar-refractivity contribution >= 4 is 24.3 Å². The predicted octanol–water partition coefficient (Wildman–Crippen LogP) is 1.40. The molecule has 6 heteroatoms. The number of hydrogen-bond donors (Lipinski definition) is 2. The zero-order valence-electron chi connectivity index (χ0n) is 12.0. The molecule has 20 heavy (non-hydrogen) atoms.